The lowest BCUT2D eigenvalue weighted by atomic mass is 9.75. The van der Waals surface area contributed by atoms with E-state index in [1.807, 2.05) is 0 Å². The topological polar surface area (TPSA) is 15.3 Å². The van der Waals surface area contributed by atoms with Crippen molar-refractivity contribution >= 4 is 0 Å². The van der Waals surface area contributed by atoms with Gasteiger partial charge in [-0.1, -0.05) is 13.3 Å². The monoisotopic (exact) mass is 224 g/mol. The van der Waals surface area contributed by atoms with Crippen molar-refractivity contribution in [2.24, 2.45) is 5.41 Å². The van der Waals surface area contributed by atoms with Gasteiger partial charge in [-0.25, -0.2) is 0 Å². The third kappa shape index (κ3) is 2.78. The lowest BCUT2D eigenvalue weighted by Gasteiger charge is -2.44. The van der Waals surface area contributed by atoms with Crippen LogP contribution in [0.5, 0.6) is 0 Å². The molecule has 0 spiro atoms. The molecule has 2 aliphatic rings. The molecule has 2 fully saturated rings. The van der Waals surface area contributed by atoms with Crippen LogP contribution < -0.4 is 5.32 Å². The molecule has 2 heterocycles. The lowest BCUT2D eigenvalue weighted by molar-refractivity contribution is 0.0632. The molecule has 94 valence electrons. The van der Waals surface area contributed by atoms with Crippen molar-refractivity contribution in [3.8, 4) is 0 Å². The van der Waals surface area contributed by atoms with Gasteiger partial charge < -0.3 is 10.2 Å². The van der Waals surface area contributed by atoms with Crippen LogP contribution in [-0.4, -0.2) is 37.1 Å². The van der Waals surface area contributed by atoms with Gasteiger partial charge in [-0.15, -0.1) is 0 Å². The van der Waals surface area contributed by atoms with Crippen LogP contribution in [0.15, 0.2) is 0 Å². The smallest absolute Gasteiger partial charge is 0.00671 e. The molecule has 0 amide bonds. The maximum absolute atomic E-state index is 3.50. The quantitative estimate of drug-likeness (QED) is 0.793. The summed E-state index contributed by atoms with van der Waals surface area (Å²) >= 11 is 0. The second-order valence-electron chi connectivity index (χ2n) is 5.92. The first-order valence-electron chi connectivity index (χ1n) is 7.20. The summed E-state index contributed by atoms with van der Waals surface area (Å²) in [6.45, 7) is 9.97. The van der Waals surface area contributed by atoms with Gasteiger partial charge in [0.2, 0.25) is 0 Å². The standard InChI is InChI=1S/C14H28N2/c1-3-14(7-9-15-10-8-14)12-16-11-5-4-6-13(16)2/h13,15H,3-12H2,1-2H3. The highest BCUT2D eigenvalue weighted by molar-refractivity contribution is 4.88. The van der Waals surface area contributed by atoms with E-state index in [-0.39, 0.29) is 0 Å². The summed E-state index contributed by atoms with van der Waals surface area (Å²) in [5.41, 5.74) is 0.622. The molecule has 0 bridgehead atoms. The Morgan fingerprint density at radius 2 is 2.00 bits per heavy atom. The van der Waals surface area contributed by atoms with Gasteiger partial charge in [-0.05, 0) is 64.1 Å². The second kappa shape index (κ2) is 5.50. The van der Waals surface area contributed by atoms with Crippen molar-refractivity contribution in [2.75, 3.05) is 26.2 Å². The number of nitrogens with one attached hydrogen (secondary N) is 1. The van der Waals surface area contributed by atoms with E-state index in [1.54, 1.807) is 0 Å². The molecule has 16 heavy (non-hydrogen) atoms. The fraction of sp³-hybridized carbons (Fsp3) is 1.00. The van der Waals surface area contributed by atoms with Crippen LogP contribution in [0.25, 0.3) is 0 Å². The molecular formula is C14H28N2. The van der Waals surface area contributed by atoms with Gasteiger partial charge >= 0.3 is 0 Å². The fourth-order valence-electron chi connectivity index (χ4n) is 3.40. The van der Waals surface area contributed by atoms with Crippen molar-refractivity contribution in [3.63, 3.8) is 0 Å². The highest BCUT2D eigenvalue weighted by Crippen LogP contribution is 2.35. The molecule has 2 aliphatic heterocycles. The summed E-state index contributed by atoms with van der Waals surface area (Å²) in [5.74, 6) is 0. The minimum atomic E-state index is 0.622. The minimum Gasteiger partial charge on any atom is -0.317 e. The zero-order valence-corrected chi connectivity index (χ0v) is 11.1. The Morgan fingerprint density at radius 1 is 1.25 bits per heavy atom. The Bertz CT molecular complexity index is 209. The fourth-order valence-corrected chi connectivity index (χ4v) is 3.40. The molecule has 0 aliphatic carbocycles. The normalized spacial score (nSPS) is 31.5. The number of hydrogen-bond acceptors (Lipinski definition) is 2. The van der Waals surface area contributed by atoms with E-state index >= 15 is 0 Å². The molecule has 0 saturated carbocycles. The molecule has 1 atom stereocenters. The van der Waals surface area contributed by atoms with E-state index in [0.29, 0.717) is 5.41 Å². The zero-order valence-electron chi connectivity index (χ0n) is 11.1. The van der Waals surface area contributed by atoms with Gasteiger partial charge in [0, 0.05) is 12.6 Å². The van der Waals surface area contributed by atoms with Gasteiger partial charge in [0.05, 0.1) is 0 Å². The summed E-state index contributed by atoms with van der Waals surface area (Å²) in [6.07, 6.45) is 8.40. The first kappa shape index (κ1) is 12.4. The van der Waals surface area contributed by atoms with E-state index in [2.05, 4.69) is 24.1 Å². The van der Waals surface area contributed by atoms with Gasteiger partial charge in [0.15, 0.2) is 0 Å². The predicted molar refractivity (Wildman–Crippen MR) is 69.7 cm³/mol. The molecule has 2 nitrogen and oxygen atoms in total. The number of likely N-dealkylation sites (tertiary alicyclic amines) is 1. The van der Waals surface area contributed by atoms with Gasteiger partial charge in [0.25, 0.3) is 0 Å². The van der Waals surface area contributed by atoms with Crippen molar-refractivity contribution in [3.05, 3.63) is 0 Å². The van der Waals surface area contributed by atoms with Crippen LogP contribution in [0.1, 0.15) is 52.4 Å². The van der Waals surface area contributed by atoms with Crippen LogP contribution in [0, 0.1) is 5.41 Å². The molecule has 1 N–H and O–H groups in total. The maximum Gasteiger partial charge on any atom is 0.00671 e. The Hall–Kier alpha value is -0.0800. The molecule has 0 aromatic heterocycles. The number of hydrogen-bond donors (Lipinski definition) is 1. The Labute approximate surface area is 101 Å². The van der Waals surface area contributed by atoms with Crippen molar-refractivity contribution in [1.82, 2.24) is 10.2 Å². The van der Waals surface area contributed by atoms with Crippen molar-refractivity contribution in [1.29, 1.82) is 0 Å². The van der Waals surface area contributed by atoms with E-state index in [4.69, 9.17) is 0 Å². The average Bonchev–Trinajstić information content (AvgIpc) is 2.33. The molecule has 2 saturated heterocycles. The van der Waals surface area contributed by atoms with Crippen LogP contribution in [0.3, 0.4) is 0 Å². The molecule has 2 heteroatoms. The summed E-state index contributed by atoms with van der Waals surface area (Å²) < 4.78 is 0. The SMILES string of the molecule is CCC1(CN2CCCCC2C)CCNCC1. The molecule has 0 aromatic rings. The summed E-state index contributed by atoms with van der Waals surface area (Å²) in [4.78, 5) is 2.76. The van der Waals surface area contributed by atoms with Gasteiger partial charge in [0.1, 0.15) is 0 Å². The third-order valence-electron chi connectivity index (χ3n) is 4.89. The van der Waals surface area contributed by atoms with Gasteiger partial charge in [-0.3, -0.25) is 0 Å². The largest absolute Gasteiger partial charge is 0.317 e. The Kier molecular flexibility index (Phi) is 4.26. The molecule has 2 rings (SSSR count). The number of rotatable bonds is 3. The molecular weight excluding hydrogens is 196 g/mol. The maximum atomic E-state index is 3.50. The lowest BCUT2D eigenvalue weighted by Crippen LogP contribution is -2.48. The van der Waals surface area contributed by atoms with Crippen LogP contribution in [0.4, 0.5) is 0 Å². The Morgan fingerprint density at radius 3 is 2.62 bits per heavy atom. The molecule has 1 unspecified atom stereocenters. The second-order valence-corrected chi connectivity index (χ2v) is 5.92. The summed E-state index contributed by atoms with van der Waals surface area (Å²) in [6, 6.07) is 0.826. The Balaban J connectivity index is 1.93. The average molecular weight is 224 g/mol. The predicted octanol–water partition coefficient (Wildman–Crippen LogP) is 2.64. The van der Waals surface area contributed by atoms with Crippen LogP contribution >= 0.6 is 0 Å². The van der Waals surface area contributed by atoms with Crippen LogP contribution in [-0.2, 0) is 0 Å². The van der Waals surface area contributed by atoms with E-state index in [1.165, 1.54) is 64.7 Å². The number of nitrogens with zero attached hydrogens (tertiary/aromatic N) is 1. The number of piperidine rings is 2. The van der Waals surface area contributed by atoms with E-state index in [9.17, 15) is 0 Å². The third-order valence-corrected chi connectivity index (χ3v) is 4.89. The summed E-state index contributed by atoms with van der Waals surface area (Å²) in [7, 11) is 0. The molecule has 0 aromatic carbocycles. The minimum absolute atomic E-state index is 0.622. The molecule has 0 radical (unpaired) electrons. The van der Waals surface area contributed by atoms with Crippen LogP contribution in [0.2, 0.25) is 0 Å². The van der Waals surface area contributed by atoms with E-state index < -0.39 is 0 Å². The summed E-state index contributed by atoms with van der Waals surface area (Å²) in [5, 5.41) is 3.50. The van der Waals surface area contributed by atoms with Crippen molar-refractivity contribution in [2.45, 2.75) is 58.4 Å². The first-order chi connectivity index (χ1) is 7.76. The zero-order chi connectivity index (χ0) is 11.4. The highest BCUT2D eigenvalue weighted by Gasteiger charge is 2.33. The van der Waals surface area contributed by atoms with E-state index in [0.717, 1.165) is 6.04 Å². The highest BCUT2D eigenvalue weighted by atomic mass is 15.2. The first-order valence-corrected chi connectivity index (χ1v) is 7.20. The van der Waals surface area contributed by atoms with Gasteiger partial charge in [-0.2, -0.15) is 0 Å². The van der Waals surface area contributed by atoms with Crippen molar-refractivity contribution < 1.29 is 0 Å².